The van der Waals surface area contributed by atoms with Crippen molar-refractivity contribution in [2.24, 2.45) is 5.73 Å². The molecule has 0 radical (unpaired) electrons. The number of nitrogens with two attached hydrogens (primary N) is 1. The monoisotopic (exact) mass is 292 g/mol. The standard InChI is InChI=1S/C15H24N4S/c1-4-19-7-5-6-13(19)10-18(3)14-9-12(15(16)20)8-11(2)17-14/h8-9,13H,4-7,10H2,1-3H3,(H2,16,20). The van der Waals surface area contributed by atoms with Crippen LogP contribution in [0.4, 0.5) is 5.82 Å². The molecule has 1 fully saturated rings. The lowest BCUT2D eigenvalue weighted by Gasteiger charge is -2.28. The van der Waals surface area contributed by atoms with Crippen LogP contribution >= 0.6 is 12.2 Å². The van der Waals surface area contributed by atoms with Crippen molar-refractivity contribution in [2.75, 3.05) is 31.6 Å². The first-order valence-electron chi connectivity index (χ1n) is 7.25. The molecule has 4 nitrogen and oxygen atoms in total. The SMILES string of the molecule is CCN1CCCC1CN(C)c1cc(C(N)=S)cc(C)n1. The summed E-state index contributed by atoms with van der Waals surface area (Å²) in [6, 6.07) is 4.55. The van der Waals surface area contributed by atoms with Crippen molar-refractivity contribution >= 4 is 23.0 Å². The summed E-state index contributed by atoms with van der Waals surface area (Å²) in [5.74, 6) is 0.954. The van der Waals surface area contributed by atoms with Crippen LogP contribution in [-0.2, 0) is 0 Å². The van der Waals surface area contributed by atoms with Gasteiger partial charge in [0.2, 0.25) is 0 Å². The highest BCUT2D eigenvalue weighted by atomic mass is 32.1. The second kappa shape index (κ2) is 6.50. The number of aromatic nitrogens is 1. The summed E-state index contributed by atoms with van der Waals surface area (Å²) in [7, 11) is 2.09. The third-order valence-electron chi connectivity index (χ3n) is 4.01. The highest BCUT2D eigenvalue weighted by Gasteiger charge is 2.24. The van der Waals surface area contributed by atoms with E-state index in [1.165, 1.54) is 19.4 Å². The van der Waals surface area contributed by atoms with E-state index >= 15 is 0 Å². The van der Waals surface area contributed by atoms with Crippen molar-refractivity contribution in [1.82, 2.24) is 9.88 Å². The maximum Gasteiger partial charge on any atom is 0.129 e. The molecule has 1 unspecified atom stereocenters. The lowest BCUT2D eigenvalue weighted by molar-refractivity contribution is 0.270. The average molecular weight is 292 g/mol. The number of pyridine rings is 1. The molecule has 1 aliphatic rings. The molecular weight excluding hydrogens is 268 g/mol. The van der Waals surface area contributed by atoms with Crippen LogP contribution < -0.4 is 10.6 Å². The smallest absolute Gasteiger partial charge is 0.129 e. The fraction of sp³-hybridized carbons (Fsp3) is 0.600. The molecule has 5 heteroatoms. The van der Waals surface area contributed by atoms with Gasteiger partial charge in [0, 0.05) is 30.9 Å². The Hall–Kier alpha value is -1.20. The van der Waals surface area contributed by atoms with Gasteiger partial charge in [0.05, 0.1) is 0 Å². The number of nitrogens with zero attached hydrogens (tertiary/aromatic N) is 3. The molecule has 0 amide bonds. The van der Waals surface area contributed by atoms with Gasteiger partial charge in [-0.15, -0.1) is 0 Å². The Morgan fingerprint density at radius 3 is 2.95 bits per heavy atom. The minimum Gasteiger partial charge on any atom is -0.389 e. The third kappa shape index (κ3) is 3.46. The number of likely N-dealkylation sites (tertiary alicyclic amines) is 1. The molecule has 0 spiro atoms. The Kier molecular flexibility index (Phi) is 4.94. The predicted molar refractivity (Wildman–Crippen MR) is 88.4 cm³/mol. The summed E-state index contributed by atoms with van der Waals surface area (Å²) in [6.07, 6.45) is 2.57. The molecular formula is C15H24N4S. The van der Waals surface area contributed by atoms with Crippen LogP contribution in [0.25, 0.3) is 0 Å². The zero-order chi connectivity index (χ0) is 14.7. The van der Waals surface area contributed by atoms with Crippen molar-refractivity contribution in [3.8, 4) is 0 Å². The van der Waals surface area contributed by atoms with E-state index in [0.29, 0.717) is 11.0 Å². The Morgan fingerprint density at radius 2 is 2.30 bits per heavy atom. The number of hydrogen-bond acceptors (Lipinski definition) is 4. The van der Waals surface area contributed by atoms with E-state index in [1.54, 1.807) is 0 Å². The van der Waals surface area contributed by atoms with E-state index in [4.69, 9.17) is 18.0 Å². The molecule has 20 heavy (non-hydrogen) atoms. The Labute approximate surface area is 127 Å². The van der Waals surface area contributed by atoms with Gasteiger partial charge in [-0.25, -0.2) is 4.98 Å². The van der Waals surface area contributed by atoms with Gasteiger partial charge >= 0.3 is 0 Å². The second-order valence-corrected chi connectivity index (χ2v) is 5.96. The van der Waals surface area contributed by atoms with Crippen molar-refractivity contribution in [1.29, 1.82) is 0 Å². The van der Waals surface area contributed by atoms with Gasteiger partial charge < -0.3 is 10.6 Å². The van der Waals surface area contributed by atoms with Crippen molar-refractivity contribution in [3.63, 3.8) is 0 Å². The molecule has 2 rings (SSSR count). The topological polar surface area (TPSA) is 45.4 Å². The summed E-state index contributed by atoms with van der Waals surface area (Å²) >= 11 is 5.07. The third-order valence-corrected chi connectivity index (χ3v) is 4.24. The van der Waals surface area contributed by atoms with Gasteiger partial charge in [-0.3, -0.25) is 4.90 Å². The molecule has 0 saturated carbocycles. The largest absolute Gasteiger partial charge is 0.389 e. The maximum atomic E-state index is 5.74. The summed E-state index contributed by atoms with van der Waals surface area (Å²) in [4.78, 5) is 9.79. The van der Waals surface area contributed by atoms with Crippen LogP contribution in [0.1, 0.15) is 31.0 Å². The van der Waals surface area contributed by atoms with Gasteiger partial charge in [-0.1, -0.05) is 19.1 Å². The first kappa shape index (κ1) is 15.2. The highest BCUT2D eigenvalue weighted by Crippen LogP contribution is 2.20. The normalized spacial score (nSPS) is 19.2. The molecule has 1 aromatic rings. The molecule has 110 valence electrons. The molecule has 0 bridgehead atoms. The minimum absolute atomic E-state index is 0.432. The van der Waals surface area contributed by atoms with Crippen LogP contribution in [0.15, 0.2) is 12.1 Å². The highest BCUT2D eigenvalue weighted by molar-refractivity contribution is 7.80. The zero-order valence-corrected chi connectivity index (χ0v) is 13.4. The van der Waals surface area contributed by atoms with Crippen LogP contribution in [0, 0.1) is 6.92 Å². The van der Waals surface area contributed by atoms with Gasteiger partial charge in [-0.05, 0) is 45.0 Å². The van der Waals surface area contributed by atoms with Crippen LogP contribution in [-0.4, -0.2) is 47.6 Å². The lowest BCUT2D eigenvalue weighted by atomic mass is 10.2. The van der Waals surface area contributed by atoms with Gasteiger partial charge in [0.1, 0.15) is 10.8 Å². The molecule has 2 N–H and O–H groups in total. The minimum atomic E-state index is 0.432. The Balaban J connectivity index is 2.12. The zero-order valence-electron chi connectivity index (χ0n) is 12.6. The van der Waals surface area contributed by atoms with E-state index in [9.17, 15) is 0 Å². The lowest BCUT2D eigenvalue weighted by Crippen LogP contribution is -2.39. The van der Waals surface area contributed by atoms with Crippen molar-refractivity contribution < 1.29 is 0 Å². The van der Waals surface area contributed by atoms with E-state index in [2.05, 4.69) is 28.8 Å². The first-order valence-corrected chi connectivity index (χ1v) is 7.65. The van der Waals surface area contributed by atoms with Crippen LogP contribution in [0.2, 0.25) is 0 Å². The van der Waals surface area contributed by atoms with Crippen molar-refractivity contribution in [2.45, 2.75) is 32.7 Å². The Morgan fingerprint density at radius 1 is 1.55 bits per heavy atom. The molecule has 1 atom stereocenters. The molecule has 1 saturated heterocycles. The number of anilines is 1. The average Bonchev–Trinajstić information content (AvgIpc) is 2.85. The van der Waals surface area contributed by atoms with E-state index in [1.807, 2.05) is 19.1 Å². The first-order chi connectivity index (χ1) is 9.51. The van der Waals surface area contributed by atoms with Gasteiger partial charge in [-0.2, -0.15) is 0 Å². The summed E-state index contributed by atoms with van der Waals surface area (Å²) in [6.45, 7) is 7.55. The number of thiocarbonyl (C=S) groups is 1. The van der Waals surface area contributed by atoms with E-state index in [0.717, 1.165) is 30.2 Å². The summed E-state index contributed by atoms with van der Waals surface area (Å²) in [5.41, 5.74) is 7.59. The van der Waals surface area contributed by atoms with Crippen LogP contribution in [0.5, 0.6) is 0 Å². The summed E-state index contributed by atoms with van der Waals surface area (Å²) < 4.78 is 0. The fourth-order valence-electron chi connectivity index (χ4n) is 2.92. The second-order valence-electron chi connectivity index (χ2n) is 5.52. The van der Waals surface area contributed by atoms with Crippen LogP contribution in [0.3, 0.4) is 0 Å². The molecule has 2 heterocycles. The maximum absolute atomic E-state index is 5.74. The van der Waals surface area contributed by atoms with Crippen molar-refractivity contribution in [3.05, 3.63) is 23.4 Å². The molecule has 0 aromatic carbocycles. The quantitative estimate of drug-likeness (QED) is 0.840. The van der Waals surface area contributed by atoms with E-state index in [-0.39, 0.29) is 0 Å². The fourth-order valence-corrected chi connectivity index (χ4v) is 3.03. The molecule has 1 aromatic heterocycles. The molecule has 0 aliphatic carbocycles. The Bertz CT molecular complexity index is 489. The number of aryl methyl sites for hydroxylation is 1. The number of likely N-dealkylation sites (N-methyl/N-ethyl adjacent to an activating group) is 2. The van der Waals surface area contributed by atoms with Gasteiger partial charge in [0.25, 0.3) is 0 Å². The number of hydrogen-bond donors (Lipinski definition) is 1. The predicted octanol–water partition coefficient (Wildman–Crippen LogP) is 1.94. The van der Waals surface area contributed by atoms with Gasteiger partial charge in [0.15, 0.2) is 0 Å². The number of rotatable bonds is 5. The van der Waals surface area contributed by atoms with E-state index < -0.39 is 0 Å². The molecule has 1 aliphatic heterocycles. The summed E-state index contributed by atoms with van der Waals surface area (Å²) in [5, 5.41) is 0.